The second-order valence-electron chi connectivity index (χ2n) is 3.44. The van der Waals surface area contributed by atoms with Gasteiger partial charge in [-0.25, -0.2) is 9.97 Å². The van der Waals surface area contributed by atoms with E-state index in [2.05, 4.69) is 15.3 Å². The number of hydrogen-bond acceptors (Lipinski definition) is 5. The molecule has 0 amide bonds. The number of nitrogens with one attached hydrogen (secondary N) is 1. The maximum absolute atomic E-state index is 5.72. The molecule has 0 bridgehead atoms. The van der Waals surface area contributed by atoms with Gasteiger partial charge in [0.2, 0.25) is 5.28 Å². The third-order valence-electron chi connectivity index (χ3n) is 2.25. The SMILES string of the molecule is COc1cc(Nc2ccnc(Cl)n2)cc(OC)c1. The Kier molecular flexibility index (Phi) is 3.84. The zero-order valence-electron chi connectivity index (χ0n) is 9.98. The molecule has 2 aromatic rings. The highest BCUT2D eigenvalue weighted by molar-refractivity contribution is 6.28. The lowest BCUT2D eigenvalue weighted by Gasteiger charge is -2.10. The van der Waals surface area contributed by atoms with Crippen molar-refractivity contribution in [2.75, 3.05) is 19.5 Å². The van der Waals surface area contributed by atoms with Gasteiger partial charge in [0.05, 0.1) is 14.2 Å². The summed E-state index contributed by atoms with van der Waals surface area (Å²) in [6.07, 6.45) is 1.58. The van der Waals surface area contributed by atoms with Crippen LogP contribution in [-0.4, -0.2) is 24.2 Å². The molecule has 0 atom stereocenters. The van der Waals surface area contributed by atoms with Gasteiger partial charge in [0.25, 0.3) is 0 Å². The molecule has 94 valence electrons. The number of anilines is 2. The van der Waals surface area contributed by atoms with E-state index in [9.17, 15) is 0 Å². The minimum atomic E-state index is 0.190. The first kappa shape index (κ1) is 12.4. The summed E-state index contributed by atoms with van der Waals surface area (Å²) in [7, 11) is 3.19. The van der Waals surface area contributed by atoms with Crippen molar-refractivity contribution >= 4 is 23.1 Å². The van der Waals surface area contributed by atoms with E-state index in [0.29, 0.717) is 17.3 Å². The first-order valence-electron chi connectivity index (χ1n) is 5.20. The Labute approximate surface area is 110 Å². The van der Waals surface area contributed by atoms with Crippen LogP contribution in [0.3, 0.4) is 0 Å². The molecule has 0 aliphatic heterocycles. The van der Waals surface area contributed by atoms with Crippen LogP contribution in [0.25, 0.3) is 0 Å². The molecule has 0 fully saturated rings. The van der Waals surface area contributed by atoms with Crippen LogP contribution in [0.1, 0.15) is 0 Å². The second kappa shape index (κ2) is 5.55. The first-order chi connectivity index (χ1) is 8.71. The number of benzene rings is 1. The van der Waals surface area contributed by atoms with Gasteiger partial charge in [-0.2, -0.15) is 0 Å². The Morgan fingerprint density at radius 1 is 1.11 bits per heavy atom. The van der Waals surface area contributed by atoms with Crippen LogP contribution in [0, 0.1) is 0 Å². The second-order valence-corrected chi connectivity index (χ2v) is 3.78. The van der Waals surface area contributed by atoms with Crippen LogP contribution in [0.5, 0.6) is 11.5 Å². The molecule has 5 nitrogen and oxygen atoms in total. The van der Waals surface area contributed by atoms with Gasteiger partial charge in [0.1, 0.15) is 17.3 Å². The molecule has 0 aliphatic carbocycles. The van der Waals surface area contributed by atoms with Gasteiger partial charge >= 0.3 is 0 Å². The summed E-state index contributed by atoms with van der Waals surface area (Å²) >= 11 is 5.72. The van der Waals surface area contributed by atoms with E-state index in [1.165, 1.54) is 0 Å². The van der Waals surface area contributed by atoms with E-state index in [-0.39, 0.29) is 5.28 Å². The minimum absolute atomic E-state index is 0.190. The maximum Gasteiger partial charge on any atom is 0.224 e. The third-order valence-corrected chi connectivity index (χ3v) is 2.43. The number of aromatic nitrogens is 2. The normalized spacial score (nSPS) is 9.94. The molecule has 0 unspecified atom stereocenters. The van der Waals surface area contributed by atoms with Crippen molar-refractivity contribution in [1.29, 1.82) is 0 Å². The van der Waals surface area contributed by atoms with Crippen molar-refractivity contribution in [3.8, 4) is 11.5 Å². The van der Waals surface area contributed by atoms with Gasteiger partial charge in [0, 0.05) is 30.1 Å². The van der Waals surface area contributed by atoms with Crippen LogP contribution < -0.4 is 14.8 Å². The minimum Gasteiger partial charge on any atom is -0.497 e. The Hall–Kier alpha value is -2.01. The van der Waals surface area contributed by atoms with Gasteiger partial charge in [-0.3, -0.25) is 0 Å². The average molecular weight is 266 g/mol. The lowest BCUT2D eigenvalue weighted by Crippen LogP contribution is -1.96. The summed E-state index contributed by atoms with van der Waals surface area (Å²) in [4.78, 5) is 7.85. The fourth-order valence-electron chi connectivity index (χ4n) is 1.43. The number of halogens is 1. The summed E-state index contributed by atoms with van der Waals surface area (Å²) < 4.78 is 10.4. The van der Waals surface area contributed by atoms with Crippen molar-refractivity contribution in [1.82, 2.24) is 9.97 Å². The lowest BCUT2D eigenvalue weighted by atomic mass is 10.2. The van der Waals surface area contributed by atoms with E-state index in [1.54, 1.807) is 32.5 Å². The largest absolute Gasteiger partial charge is 0.497 e. The highest BCUT2D eigenvalue weighted by Gasteiger charge is 2.03. The van der Waals surface area contributed by atoms with Gasteiger partial charge in [0.15, 0.2) is 0 Å². The van der Waals surface area contributed by atoms with Crippen LogP contribution in [-0.2, 0) is 0 Å². The average Bonchev–Trinajstić information content (AvgIpc) is 2.38. The molecule has 6 heteroatoms. The molecule has 18 heavy (non-hydrogen) atoms. The summed E-state index contributed by atoms with van der Waals surface area (Å²) in [6.45, 7) is 0. The Balaban J connectivity index is 2.28. The quantitative estimate of drug-likeness (QED) is 0.862. The summed E-state index contributed by atoms with van der Waals surface area (Å²) in [5.41, 5.74) is 0.793. The number of ether oxygens (including phenoxy) is 2. The predicted molar refractivity (Wildman–Crippen MR) is 69.9 cm³/mol. The highest BCUT2D eigenvalue weighted by atomic mass is 35.5. The zero-order chi connectivity index (χ0) is 13.0. The monoisotopic (exact) mass is 265 g/mol. The van der Waals surface area contributed by atoms with Crippen molar-refractivity contribution in [3.63, 3.8) is 0 Å². The molecule has 0 spiro atoms. The van der Waals surface area contributed by atoms with E-state index in [4.69, 9.17) is 21.1 Å². The lowest BCUT2D eigenvalue weighted by molar-refractivity contribution is 0.395. The third kappa shape index (κ3) is 3.01. The van der Waals surface area contributed by atoms with Gasteiger partial charge < -0.3 is 14.8 Å². The van der Waals surface area contributed by atoms with E-state index in [1.807, 2.05) is 12.1 Å². The van der Waals surface area contributed by atoms with Crippen molar-refractivity contribution < 1.29 is 9.47 Å². The summed E-state index contributed by atoms with van der Waals surface area (Å²) in [6, 6.07) is 7.17. The molecule has 1 N–H and O–H groups in total. The van der Waals surface area contributed by atoms with Crippen LogP contribution in [0.2, 0.25) is 5.28 Å². The first-order valence-corrected chi connectivity index (χ1v) is 5.57. The van der Waals surface area contributed by atoms with Crippen molar-refractivity contribution in [3.05, 3.63) is 35.7 Å². The Morgan fingerprint density at radius 2 is 1.78 bits per heavy atom. The molecule has 1 aromatic carbocycles. The Bertz CT molecular complexity index is 526. The van der Waals surface area contributed by atoms with E-state index in [0.717, 1.165) is 5.69 Å². The highest BCUT2D eigenvalue weighted by Crippen LogP contribution is 2.27. The summed E-state index contributed by atoms with van der Waals surface area (Å²) in [5, 5.41) is 3.29. The Morgan fingerprint density at radius 3 is 2.33 bits per heavy atom. The predicted octanol–water partition coefficient (Wildman–Crippen LogP) is 2.89. The molecule has 0 aliphatic rings. The van der Waals surface area contributed by atoms with Crippen LogP contribution in [0.15, 0.2) is 30.5 Å². The standard InChI is InChI=1S/C12H12ClN3O2/c1-17-9-5-8(6-10(7-9)18-2)15-11-3-4-14-12(13)16-11/h3-7H,1-2H3,(H,14,15,16). The summed E-state index contributed by atoms with van der Waals surface area (Å²) in [5.74, 6) is 1.99. The number of rotatable bonds is 4. The fourth-order valence-corrected chi connectivity index (χ4v) is 1.58. The van der Waals surface area contributed by atoms with Gasteiger partial charge in [-0.15, -0.1) is 0 Å². The molecule has 0 radical (unpaired) electrons. The van der Waals surface area contributed by atoms with E-state index >= 15 is 0 Å². The number of hydrogen-bond donors (Lipinski definition) is 1. The van der Waals surface area contributed by atoms with Gasteiger partial charge in [-0.1, -0.05) is 0 Å². The molecule has 0 saturated heterocycles. The smallest absolute Gasteiger partial charge is 0.224 e. The van der Waals surface area contributed by atoms with E-state index < -0.39 is 0 Å². The van der Waals surface area contributed by atoms with Crippen molar-refractivity contribution in [2.24, 2.45) is 0 Å². The van der Waals surface area contributed by atoms with Crippen LogP contribution in [0.4, 0.5) is 11.5 Å². The topological polar surface area (TPSA) is 56.3 Å². The molecule has 1 heterocycles. The fraction of sp³-hybridized carbons (Fsp3) is 0.167. The zero-order valence-corrected chi connectivity index (χ0v) is 10.7. The molecule has 2 rings (SSSR count). The molecule has 1 aromatic heterocycles. The number of nitrogens with zero attached hydrogens (tertiary/aromatic N) is 2. The van der Waals surface area contributed by atoms with Crippen LogP contribution >= 0.6 is 11.6 Å². The molecular weight excluding hydrogens is 254 g/mol. The number of methoxy groups -OCH3 is 2. The maximum atomic E-state index is 5.72. The molecular formula is C12H12ClN3O2. The van der Waals surface area contributed by atoms with Crippen molar-refractivity contribution in [2.45, 2.75) is 0 Å². The van der Waals surface area contributed by atoms with Gasteiger partial charge in [-0.05, 0) is 17.7 Å². The molecule has 0 saturated carbocycles.